The zero-order valence-corrected chi connectivity index (χ0v) is 24.0. The van der Waals surface area contributed by atoms with Crippen molar-refractivity contribution in [3.8, 4) is 11.3 Å². The van der Waals surface area contributed by atoms with Crippen molar-refractivity contribution in [2.75, 3.05) is 49.6 Å². The molecule has 0 unspecified atom stereocenters. The molecule has 0 radical (unpaired) electrons. The number of likely N-dealkylation sites (N-methyl/N-ethyl adjacent to an activating group) is 1. The van der Waals surface area contributed by atoms with Crippen LogP contribution in [0.1, 0.15) is 30.0 Å². The summed E-state index contributed by atoms with van der Waals surface area (Å²) in [6, 6.07) is 7.13. The fourth-order valence-electron chi connectivity index (χ4n) is 5.85. The van der Waals surface area contributed by atoms with Gasteiger partial charge >= 0.3 is 12.2 Å². The number of benzene rings is 1. The molecule has 2 fully saturated rings. The van der Waals surface area contributed by atoms with Crippen LogP contribution in [0.2, 0.25) is 0 Å². The van der Waals surface area contributed by atoms with Gasteiger partial charge in [0.15, 0.2) is 5.65 Å². The molecule has 1 saturated heterocycles. The molecule has 4 N–H and O–H groups in total. The number of carbonyl (C=O) groups excluding carboxylic acids is 1. The Labute approximate surface area is 250 Å². The number of aromatic nitrogens is 5. The van der Waals surface area contributed by atoms with Gasteiger partial charge in [-0.1, -0.05) is 6.07 Å². The molecule has 1 aliphatic carbocycles. The quantitative estimate of drug-likeness (QED) is 0.247. The SMILES string of the molecule is CN1CCN(Cc2ccc(NC(=O)Nc3ccc(-c4cn(C5CC5)c5ncnc(N)c45)n4ccnc34)cc2C(F)(F)F)CC1. The summed E-state index contributed by atoms with van der Waals surface area (Å²) in [5, 5.41) is 6.03. The summed E-state index contributed by atoms with van der Waals surface area (Å²) >= 11 is 0. The second-order valence-corrected chi connectivity index (χ2v) is 11.4. The molecular weight excluding hydrogens is 573 g/mol. The largest absolute Gasteiger partial charge is 0.416 e. The van der Waals surface area contributed by atoms with E-state index in [0.29, 0.717) is 36.3 Å². The van der Waals surface area contributed by atoms with Crippen LogP contribution in [0.3, 0.4) is 0 Å². The first-order chi connectivity index (χ1) is 21.2. The van der Waals surface area contributed by atoms with Crippen molar-refractivity contribution in [2.24, 2.45) is 0 Å². The van der Waals surface area contributed by atoms with Crippen molar-refractivity contribution in [3.63, 3.8) is 0 Å². The highest BCUT2D eigenvalue weighted by atomic mass is 19.4. The summed E-state index contributed by atoms with van der Waals surface area (Å²) in [5.74, 6) is 0.368. The first kappa shape index (κ1) is 28.1. The Morgan fingerprint density at radius 3 is 2.57 bits per heavy atom. The molecule has 11 nitrogen and oxygen atoms in total. The lowest BCUT2D eigenvalue weighted by Gasteiger charge is -2.33. The number of anilines is 3. The maximum Gasteiger partial charge on any atom is 0.416 e. The van der Waals surface area contributed by atoms with Gasteiger partial charge in [0, 0.05) is 68.6 Å². The molecule has 1 saturated carbocycles. The molecule has 7 rings (SSSR count). The van der Waals surface area contributed by atoms with Crippen molar-refractivity contribution in [1.82, 2.24) is 33.7 Å². The van der Waals surface area contributed by atoms with E-state index in [-0.39, 0.29) is 17.8 Å². The molecule has 1 aliphatic heterocycles. The van der Waals surface area contributed by atoms with Crippen molar-refractivity contribution in [1.29, 1.82) is 0 Å². The number of carbonyl (C=O) groups is 1. The number of nitrogens with zero attached hydrogens (tertiary/aromatic N) is 7. The van der Waals surface area contributed by atoms with Crippen LogP contribution < -0.4 is 16.4 Å². The number of nitrogens with one attached hydrogen (secondary N) is 2. The molecule has 0 bridgehead atoms. The van der Waals surface area contributed by atoms with Gasteiger partial charge in [0.25, 0.3) is 0 Å². The number of halogens is 3. The molecule has 5 heterocycles. The number of nitrogens with two attached hydrogens (primary N) is 1. The third kappa shape index (κ3) is 5.30. The van der Waals surface area contributed by atoms with E-state index in [1.807, 2.05) is 28.6 Å². The summed E-state index contributed by atoms with van der Waals surface area (Å²) in [7, 11) is 2.00. The maximum atomic E-state index is 14.0. The molecule has 4 aromatic heterocycles. The molecule has 44 heavy (non-hydrogen) atoms. The summed E-state index contributed by atoms with van der Waals surface area (Å²) in [5.41, 5.74) is 8.95. The monoisotopic (exact) mass is 604 g/mol. The minimum Gasteiger partial charge on any atom is -0.383 e. The lowest BCUT2D eigenvalue weighted by molar-refractivity contribution is -0.138. The van der Waals surface area contributed by atoms with Gasteiger partial charge in [-0.05, 0) is 49.7 Å². The lowest BCUT2D eigenvalue weighted by atomic mass is 10.0. The van der Waals surface area contributed by atoms with Crippen LogP contribution in [0.4, 0.5) is 35.2 Å². The van der Waals surface area contributed by atoms with E-state index >= 15 is 0 Å². The lowest BCUT2D eigenvalue weighted by Crippen LogP contribution is -2.44. The number of alkyl halides is 3. The third-order valence-electron chi connectivity index (χ3n) is 8.32. The first-order valence-corrected chi connectivity index (χ1v) is 14.4. The third-order valence-corrected chi connectivity index (χ3v) is 8.32. The summed E-state index contributed by atoms with van der Waals surface area (Å²) < 4.78 is 46.0. The Hall–Kier alpha value is -4.69. The van der Waals surface area contributed by atoms with E-state index in [9.17, 15) is 18.0 Å². The summed E-state index contributed by atoms with van der Waals surface area (Å²) in [4.78, 5) is 30.3. The molecule has 5 aromatic rings. The average molecular weight is 605 g/mol. The summed E-state index contributed by atoms with van der Waals surface area (Å²) in [6.45, 7) is 3.19. The van der Waals surface area contributed by atoms with Gasteiger partial charge < -0.3 is 25.8 Å². The van der Waals surface area contributed by atoms with Gasteiger partial charge in [0.2, 0.25) is 0 Å². The zero-order valence-electron chi connectivity index (χ0n) is 24.0. The number of rotatable bonds is 6. The predicted octanol–water partition coefficient (Wildman–Crippen LogP) is 5.07. The van der Waals surface area contributed by atoms with Crippen LogP contribution in [0.5, 0.6) is 0 Å². The fourth-order valence-corrected chi connectivity index (χ4v) is 5.85. The van der Waals surface area contributed by atoms with Crippen LogP contribution in [-0.4, -0.2) is 73.0 Å². The Balaban J connectivity index is 1.13. The highest BCUT2D eigenvalue weighted by Crippen LogP contribution is 2.42. The second-order valence-electron chi connectivity index (χ2n) is 11.4. The number of piperazine rings is 1. The molecule has 2 aliphatic rings. The molecule has 0 spiro atoms. The topological polar surface area (TPSA) is 122 Å². The molecule has 14 heteroatoms. The van der Waals surface area contributed by atoms with Crippen LogP contribution in [0.15, 0.2) is 55.2 Å². The van der Waals surface area contributed by atoms with Crippen molar-refractivity contribution >= 4 is 39.9 Å². The second kappa shape index (κ2) is 10.8. The summed E-state index contributed by atoms with van der Waals surface area (Å²) in [6.07, 6.45) is 4.42. The minimum absolute atomic E-state index is 0.0382. The van der Waals surface area contributed by atoms with E-state index < -0.39 is 17.8 Å². The van der Waals surface area contributed by atoms with Crippen molar-refractivity contribution < 1.29 is 18.0 Å². The number of fused-ring (bicyclic) bond motifs is 2. The van der Waals surface area contributed by atoms with Crippen LogP contribution >= 0.6 is 0 Å². The Morgan fingerprint density at radius 1 is 1.02 bits per heavy atom. The van der Waals surface area contributed by atoms with Crippen LogP contribution in [0, 0.1) is 0 Å². The number of urea groups is 1. The van der Waals surface area contributed by atoms with Gasteiger partial charge in [-0.3, -0.25) is 9.30 Å². The number of amides is 2. The van der Waals surface area contributed by atoms with Gasteiger partial charge in [-0.15, -0.1) is 0 Å². The number of hydrogen-bond donors (Lipinski definition) is 3. The highest BCUT2D eigenvalue weighted by molar-refractivity contribution is 6.03. The van der Waals surface area contributed by atoms with Gasteiger partial charge in [0.1, 0.15) is 17.8 Å². The number of hydrogen-bond acceptors (Lipinski definition) is 7. The molecule has 1 aromatic carbocycles. The van der Waals surface area contributed by atoms with E-state index in [1.165, 1.54) is 18.5 Å². The number of pyridine rings is 1. The fraction of sp³-hybridized carbons (Fsp3) is 0.333. The Bertz CT molecular complexity index is 1870. The van der Waals surface area contributed by atoms with Crippen LogP contribution in [-0.2, 0) is 12.7 Å². The zero-order chi connectivity index (χ0) is 30.6. The smallest absolute Gasteiger partial charge is 0.383 e. The van der Waals surface area contributed by atoms with Crippen LogP contribution in [0.25, 0.3) is 27.9 Å². The van der Waals surface area contributed by atoms with Crippen molar-refractivity contribution in [2.45, 2.75) is 31.6 Å². The van der Waals surface area contributed by atoms with Gasteiger partial charge in [-0.25, -0.2) is 19.7 Å². The van der Waals surface area contributed by atoms with Gasteiger partial charge in [0.05, 0.1) is 22.3 Å². The molecule has 0 atom stereocenters. The number of imidazole rings is 1. The first-order valence-electron chi connectivity index (χ1n) is 14.4. The van der Waals surface area contributed by atoms with Crippen molar-refractivity contribution in [3.05, 3.63) is 66.4 Å². The predicted molar refractivity (Wildman–Crippen MR) is 161 cm³/mol. The average Bonchev–Trinajstić information content (AvgIpc) is 3.56. The van der Waals surface area contributed by atoms with E-state index in [2.05, 4.69) is 35.1 Å². The Morgan fingerprint density at radius 2 is 1.82 bits per heavy atom. The maximum absolute atomic E-state index is 14.0. The van der Waals surface area contributed by atoms with Gasteiger partial charge in [-0.2, -0.15) is 13.2 Å². The molecule has 2 amide bonds. The minimum atomic E-state index is -4.56. The Kier molecular flexibility index (Phi) is 6.89. The normalized spacial score (nSPS) is 16.5. The molecular formula is C30H31F3N10O. The highest BCUT2D eigenvalue weighted by Gasteiger charge is 2.34. The van der Waals surface area contributed by atoms with E-state index in [1.54, 1.807) is 18.5 Å². The molecule has 228 valence electrons. The van der Waals surface area contributed by atoms with E-state index in [4.69, 9.17) is 5.73 Å². The number of nitrogen functional groups attached to an aromatic ring is 1. The van der Waals surface area contributed by atoms with E-state index in [0.717, 1.165) is 54.3 Å². The standard InChI is InChI=1S/C30H31F3N10O/c1-40-10-12-41(13-11-40)15-18-2-3-19(14-22(18)30(31,32)33)38-29(44)39-23-6-7-24(42-9-8-35-27(23)42)21-16-43(20-4-5-20)28-25(21)26(34)36-17-37-28/h2-3,6-9,14,16-17,20H,4-5,10-13,15H2,1H3,(H2,34,36,37)(H2,38,39,44).